The third-order valence-corrected chi connectivity index (χ3v) is 17.9. The quantitative estimate of drug-likeness (QED) is 0.0761. The number of nitrogens with two attached hydrogens (primary N) is 1. The monoisotopic (exact) mass is 997 g/mol. The Kier molecular flexibility index (Phi) is 16.3. The van der Waals surface area contributed by atoms with Crippen LogP contribution in [0.5, 0.6) is 0 Å². The molecule has 3 fully saturated rings. The Hall–Kier alpha value is -5.00. The summed E-state index contributed by atoms with van der Waals surface area (Å²) in [4.78, 5) is 7.79. The second kappa shape index (κ2) is 22.6. The molecule has 1 saturated carbocycles. The maximum Gasteiger partial charge on any atom is 0.158 e. The van der Waals surface area contributed by atoms with Crippen molar-refractivity contribution < 1.29 is 8.78 Å². The van der Waals surface area contributed by atoms with Crippen LogP contribution in [0.4, 0.5) is 14.6 Å². The first kappa shape index (κ1) is 51.9. The van der Waals surface area contributed by atoms with Gasteiger partial charge in [-0.3, -0.25) is 4.68 Å². The molecule has 8 nitrogen and oxygen atoms in total. The van der Waals surface area contributed by atoms with Crippen LogP contribution in [0.1, 0.15) is 123 Å². The average molecular weight is 998 g/mol. The fourth-order valence-corrected chi connectivity index (χ4v) is 13.6. The zero-order valence-electron chi connectivity index (χ0n) is 43.5. The van der Waals surface area contributed by atoms with Gasteiger partial charge in [0, 0.05) is 85.1 Å². The van der Waals surface area contributed by atoms with Gasteiger partial charge in [0.1, 0.15) is 11.6 Å². The molecule has 0 bridgehead atoms. The van der Waals surface area contributed by atoms with Crippen LogP contribution in [-0.2, 0) is 25.3 Å². The number of hydrogen-bond donors (Lipinski definition) is 3. The normalized spacial score (nSPS) is 22.3. The van der Waals surface area contributed by atoms with Gasteiger partial charge >= 0.3 is 0 Å². The van der Waals surface area contributed by atoms with Crippen LogP contribution in [-0.4, -0.2) is 85.0 Å². The lowest BCUT2D eigenvalue weighted by atomic mass is 9.70. The van der Waals surface area contributed by atoms with Crippen LogP contribution in [0.2, 0.25) is 5.02 Å². The van der Waals surface area contributed by atoms with Crippen molar-refractivity contribution in [2.24, 2.45) is 24.6 Å². The van der Waals surface area contributed by atoms with Crippen molar-refractivity contribution in [2.45, 2.75) is 114 Å². The van der Waals surface area contributed by atoms with Crippen LogP contribution in [0.15, 0.2) is 98.4 Å². The standard InChI is InChI=1S/C61H79ClF2N8/c1-8-13-46-18-22-51(42(5)65)56(59(46)64)57-55-41(4)61(49-14-11-10-12-15-49,36-48(55)34-53(63)58(57)62)39-66-37-43-16-20-50(21-17-43)72-32-25-44(26-33-72)38-71-30-27-45(28-31-71)47-19-23-52-54(35-47)70(7)68-60(52)69(6)29-24-40(3)67-9-2/h9-12,14-15,18-19,22-23,34-35,41,43-45,50,66-67H,2-3,5,8,13,16-17,20-21,24-33,36-39,65H2,1,4,6-7H3. The van der Waals surface area contributed by atoms with E-state index in [9.17, 15) is 0 Å². The number of fused-ring (bicyclic) bond motifs is 2. The smallest absolute Gasteiger partial charge is 0.158 e. The first-order valence-electron chi connectivity index (χ1n) is 27.0. The lowest BCUT2D eigenvalue weighted by Crippen LogP contribution is -2.46. The highest BCUT2D eigenvalue weighted by Gasteiger charge is 2.47. The number of aromatic nitrogens is 2. The Morgan fingerprint density at radius 1 is 0.931 bits per heavy atom. The molecule has 4 N–H and O–H groups in total. The number of anilines is 1. The highest BCUT2D eigenvalue weighted by molar-refractivity contribution is 6.34. The predicted molar refractivity (Wildman–Crippen MR) is 297 cm³/mol. The topological polar surface area (TPSA) is 77.6 Å². The molecular weight excluding hydrogens is 918 g/mol. The highest BCUT2D eigenvalue weighted by Crippen LogP contribution is 2.55. The van der Waals surface area contributed by atoms with E-state index in [1.165, 1.54) is 106 Å². The number of likely N-dealkylation sites (tertiary alicyclic amines) is 2. The zero-order chi connectivity index (χ0) is 50.7. The highest BCUT2D eigenvalue weighted by atomic mass is 35.5. The fraction of sp³-hybridized carbons (Fsp3) is 0.492. The summed E-state index contributed by atoms with van der Waals surface area (Å²) in [7, 11) is 4.17. The van der Waals surface area contributed by atoms with Crippen molar-refractivity contribution in [2.75, 3.05) is 64.3 Å². The number of piperidine rings is 2. The molecule has 72 heavy (non-hydrogen) atoms. The fourth-order valence-electron chi connectivity index (χ4n) is 13.3. The third kappa shape index (κ3) is 10.7. The van der Waals surface area contributed by atoms with Crippen molar-refractivity contribution in [3.05, 3.63) is 148 Å². The van der Waals surface area contributed by atoms with Gasteiger partial charge in [-0.1, -0.05) is 100 Å². The molecule has 2 aliphatic heterocycles. The molecule has 3 heterocycles. The lowest BCUT2D eigenvalue weighted by molar-refractivity contribution is 0.0769. The number of nitrogens with one attached hydrogen (secondary N) is 2. The zero-order valence-corrected chi connectivity index (χ0v) is 44.3. The number of rotatable bonds is 19. The van der Waals surface area contributed by atoms with E-state index in [0.717, 1.165) is 61.0 Å². The Bertz CT molecular complexity index is 2730. The van der Waals surface area contributed by atoms with Crippen molar-refractivity contribution in [3.8, 4) is 11.1 Å². The maximum absolute atomic E-state index is 16.7. The van der Waals surface area contributed by atoms with E-state index in [1.54, 1.807) is 18.3 Å². The van der Waals surface area contributed by atoms with E-state index < -0.39 is 11.6 Å². The van der Waals surface area contributed by atoms with E-state index in [2.05, 4.69) is 109 Å². The molecule has 4 aromatic carbocycles. The minimum Gasteiger partial charge on any atom is -0.399 e. The predicted octanol–water partition coefficient (Wildman–Crippen LogP) is 12.5. The van der Waals surface area contributed by atoms with Crippen LogP contribution >= 0.6 is 11.6 Å². The Labute approximate surface area is 433 Å². The third-order valence-electron chi connectivity index (χ3n) is 17.5. The Morgan fingerprint density at radius 2 is 1.67 bits per heavy atom. The lowest BCUT2D eigenvalue weighted by Gasteiger charge is -2.42. The molecule has 11 heteroatoms. The van der Waals surface area contributed by atoms with E-state index in [0.29, 0.717) is 47.4 Å². The molecule has 1 aromatic heterocycles. The summed E-state index contributed by atoms with van der Waals surface area (Å²) < 4.78 is 34.7. The van der Waals surface area contributed by atoms with Gasteiger partial charge in [0.25, 0.3) is 0 Å². The molecule has 0 spiro atoms. The Morgan fingerprint density at radius 3 is 2.36 bits per heavy atom. The second-order valence-corrected chi connectivity index (χ2v) is 22.4. The van der Waals surface area contributed by atoms with Crippen LogP contribution < -0.4 is 21.3 Å². The number of aryl methyl sites for hydroxylation is 2. The maximum atomic E-state index is 16.7. The van der Waals surface area contributed by atoms with Gasteiger partial charge in [0.15, 0.2) is 5.82 Å². The van der Waals surface area contributed by atoms with Gasteiger partial charge in [-0.05, 0) is 173 Å². The molecular formula is C61H79ClF2N8. The summed E-state index contributed by atoms with van der Waals surface area (Å²) in [5.74, 6) is 1.98. The van der Waals surface area contributed by atoms with Gasteiger partial charge in [-0.25, -0.2) is 8.78 Å². The molecule has 2 aliphatic carbocycles. The molecule has 2 saturated heterocycles. The molecule has 0 amide bonds. The summed E-state index contributed by atoms with van der Waals surface area (Å²) in [5, 5.41) is 13.1. The molecule has 2 atom stereocenters. The first-order chi connectivity index (χ1) is 34.8. The number of hydrogen-bond acceptors (Lipinski definition) is 7. The first-order valence-corrected chi connectivity index (χ1v) is 27.4. The summed E-state index contributed by atoms with van der Waals surface area (Å²) in [6.07, 6.45) is 14.4. The molecule has 5 aromatic rings. The van der Waals surface area contributed by atoms with Crippen molar-refractivity contribution in [1.82, 2.24) is 30.2 Å². The minimum atomic E-state index is -0.535. The number of nitrogens with zero attached hydrogens (tertiary/aromatic N) is 5. The summed E-state index contributed by atoms with van der Waals surface area (Å²) in [6, 6.07) is 23.5. The van der Waals surface area contributed by atoms with Gasteiger partial charge in [0.2, 0.25) is 0 Å². The van der Waals surface area contributed by atoms with Crippen molar-refractivity contribution in [1.29, 1.82) is 0 Å². The van der Waals surface area contributed by atoms with Crippen LogP contribution in [0, 0.1) is 23.5 Å². The number of halogens is 3. The molecule has 2 unspecified atom stereocenters. The number of benzene rings is 4. The molecule has 384 valence electrons. The van der Waals surface area contributed by atoms with E-state index in [1.807, 2.05) is 23.7 Å². The minimum absolute atomic E-state index is 0.0592. The largest absolute Gasteiger partial charge is 0.399 e. The van der Waals surface area contributed by atoms with Gasteiger partial charge in [-0.2, -0.15) is 5.10 Å². The van der Waals surface area contributed by atoms with E-state index in [-0.39, 0.29) is 27.6 Å². The SMILES string of the molecule is C=CNC(=C)CCN(C)c1nn(C)c2cc(C3CCN(CC4CCN(C5CCC(CNCC6(c7ccccc7)Cc7cc(F)c(Cl)c(-c8c(C(=C)N)ccc(CCC)c8F)c7C6C)CC5)CC4)CC3)ccc12. The summed E-state index contributed by atoms with van der Waals surface area (Å²) in [6.45, 7) is 24.6. The van der Waals surface area contributed by atoms with Crippen LogP contribution in [0.25, 0.3) is 27.7 Å². The van der Waals surface area contributed by atoms with Crippen molar-refractivity contribution >= 4 is 34.0 Å². The molecule has 0 radical (unpaired) electrons. The van der Waals surface area contributed by atoms with Gasteiger partial charge in [0.05, 0.1) is 10.5 Å². The summed E-state index contributed by atoms with van der Waals surface area (Å²) >= 11 is 6.93. The Balaban J connectivity index is 0.760. The second-order valence-electron chi connectivity index (χ2n) is 22.0. The van der Waals surface area contributed by atoms with E-state index >= 15 is 8.78 Å². The summed E-state index contributed by atoms with van der Waals surface area (Å²) in [5.41, 5.74) is 14.5. The van der Waals surface area contributed by atoms with Gasteiger partial charge < -0.3 is 31.1 Å². The van der Waals surface area contributed by atoms with Gasteiger partial charge in [-0.15, -0.1) is 0 Å². The van der Waals surface area contributed by atoms with E-state index in [4.69, 9.17) is 22.4 Å². The average Bonchev–Trinajstić information content (AvgIpc) is 3.87. The molecule has 9 rings (SSSR count). The molecule has 4 aliphatic rings. The van der Waals surface area contributed by atoms with Crippen LogP contribution in [0.3, 0.4) is 0 Å². The van der Waals surface area contributed by atoms with Crippen molar-refractivity contribution in [3.63, 3.8) is 0 Å².